The molecule has 0 amide bonds. The molecule has 1 aromatic heterocycles. The number of rotatable bonds is 3. The summed E-state index contributed by atoms with van der Waals surface area (Å²) in [6, 6.07) is 3.22. The molecule has 1 heterocycles. The van der Waals surface area contributed by atoms with Crippen LogP contribution in [0.3, 0.4) is 0 Å². The largest absolute Gasteiger partial charge is 0.294 e. The fraction of sp³-hybridized carbons (Fsp3) is 0.286. The summed E-state index contributed by atoms with van der Waals surface area (Å²) in [4.78, 5) is 16.3. The van der Waals surface area contributed by atoms with E-state index in [0.717, 1.165) is 16.3 Å². The van der Waals surface area contributed by atoms with Gasteiger partial charge in [0.05, 0.1) is 12.0 Å². The Labute approximate surface area is 110 Å². The minimum Gasteiger partial charge on any atom is -0.294 e. The van der Waals surface area contributed by atoms with Gasteiger partial charge in [-0.15, -0.1) is 11.3 Å². The van der Waals surface area contributed by atoms with E-state index in [0.29, 0.717) is 5.56 Å². The number of benzene rings is 1. The minimum absolute atomic E-state index is 0.166. The predicted octanol–water partition coefficient (Wildman–Crippen LogP) is 3.63. The highest BCUT2D eigenvalue weighted by Crippen LogP contribution is 2.19. The van der Waals surface area contributed by atoms with Gasteiger partial charge in [-0.25, -0.2) is 9.37 Å². The molecule has 0 fully saturated rings. The number of ketones is 1. The van der Waals surface area contributed by atoms with Crippen molar-refractivity contribution in [3.8, 4) is 0 Å². The highest BCUT2D eigenvalue weighted by atomic mass is 32.1. The van der Waals surface area contributed by atoms with Crippen LogP contribution in [0.5, 0.6) is 0 Å². The summed E-state index contributed by atoms with van der Waals surface area (Å²) in [5.41, 5.74) is 2.59. The van der Waals surface area contributed by atoms with Crippen molar-refractivity contribution in [2.45, 2.75) is 27.2 Å². The minimum atomic E-state index is -0.439. The summed E-state index contributed by atoms with van der Waals surface area (Å²) >= 11 is 1.43. The summed E-state index contributed by atoms with van der Waals surface area (Å²) < 4.78 is 13.8. The second-order valence-corrected chi connectivity index (χ2v) is 5.36. The number of halogens is 1. The molecule has 0 saturated carbocycles. The van der Waals surface area contributed by atoms with Crippen molar-refractivity contribution < 1.29 is 9.18 Å². The maximum atomic E-state index is 13.8. The molecule has 94 valence electrons. The highest BCUT2D eigenvalue weighted by Gasteiger charge is 2.17. The van der Waals surface area contributed by atoms with E-state index in [1.165, 1.54) is 17.4 Å². The van der Waals surface area contributed by atoms with E-state index in [2.05, 4.69) is 4.98 Å². The lowest BCUT2D eigenvalue weighted by Crippen LogP contribution is -2.09. The SMILES string of the molecule is Cc1cc(C)c(C(=O)Cc2nc(C)cs2)c(F)c1. The fourth-order valence-corrected chi connectivity index (χ4v) is 2.75. The number of thiazole rings is 1. The van der Waals surface area contributed by atoms with Gasteiger partial charge in [0.25, 0.3) is 0 Å². The van der Waals surface area contributed by atoms with Gasteiger partial charge in [-0.05, 0) is 38.0 Å². The van der Waals surface area contributed by atoms with Crippen molar-refractivity contribution in [2.24, 2.45) is 0 Å². The molecule has 2 rings (SSSR count). The monoisotopic (exact) mass is 263 g/mol. The van der Waals surface area contributed by atoms with Crippen molar-refractivity contribution in [1.29, 1.82) is 0 Å². The zero-order chi connectivity index (χ0) is 13.3. The van der Waals surface area contributed by atoms with Crippen LogP contribution in [0, 0.1) is 26.6 Å². The van der Waals surface area contributed by atoms with Crippen LogP contribution in [0.25, 0.3) is 0 Å². The number of hydrogen-bond donors (Lipinski definition) is 0. The molecule has 0 N–H and O–H groups in total. The Balaban J connectivity index is 2.29. The first kappa shape index (κ1) is 12.9. The second kappa shape index (κ2) is 4.98. The van der Waals surface area contributed by atoms with E-state index in [1.54, 1.807) is 6.92 Å². The fourth-order valence-electron chi connectivity index (χ4n) is 1.98. The van der Waals surface area contributed by atoms with Crippen molar-refractivity contribution in [3.63, 3.8) is 0 Å². The molecule has 2 aromatic rings. The normalized spacial score (nSPS) is 10.7. The van der Waals surface area contributed by atoms with Crippen molar-refractivity contribution in [1.82, 2.24) is 4.98 Å². The Bertz CT molecular complexity index is 581. The molecule has 0 aliphatic rings. The lowest BCUT2D eigenvalue weighted by molar-refractivity contribution is 0.0988. The van der Waals surface area contributed by atoms with E-state index in [-0.39, 0.29) is 17.8 Å². The van der Waals surface area contributed by atoms with E-state index < -0.39 is 5.82 Å². The topological polar surface area (TPSA) is 30.0 Å². The summed E-state index contributed by atoms with van der Waals surface area (Å²) in [6.45, 7) is 5.45. The molecule has 0 spiro atoms. The molecule has 0 unspecified atom stereocenters. The smallest absolute Gasteiger partial charge is 0.172 e. The van der Waals surface area contributed by atoms with Crippen LogP contribution in [0.4, 0.5) is 4.39 Å². The number of carbonyl (C=O) groups excluding carboxylic acids is 1. The predicted molar refractivity (Wildman–Crippen MR) is 70.8 cm³/mol. The zero-order valence-corrected chi connectivity index (χ0v) is 11.4. The Morgan fingerprint density at radius 1 is 1.33 bits per heavy atom. The third kappa shape index (κ3) is 2.64. The first-order chi connectivity index (χ1) is 8.47. The summed E-state index contributed by atoms with van der Waals surface area (Å²) in [7, 11) is 0. The third-order valence-electron chi connectivity index (χ3n) is 2.69. The maximum Gasteiger partial charge on any atom is 0.172 e. The molecule has 18 heavy (non-hydrogen) atoms. The molecular weight excluding hydrogens is 249 g/mol. The van der Waals surface area contributed by atoms with Crippen LogP contribution in [0.1, 0.15) is 32.2 Å². The number of carbonyl (C=O) groups is 1. The quantitative estimate of drug-likeness (QED) is 0.791. The molecular formula is C14H14FNOS. The summed E-state index contributed by atoms with van der Waals surface area (Å²) in [6.07, 6.45) is 0.166. The van der Waals surface area contributed by atoms with Crippen molar-refractivity contribution >= 4 is 17.1 Å². The van der Waals surface area contributed by atoms with Crippen LogP contribution in [0.15, 0.2) is 17.5 Å². The van der Waals surface area contributed by atoms with Gasteiger partial charge in [-0.2, -0.15) is 0 Å². The Kier molecular flexibility index (Phi) is 3.57. The van der Waals surface area contributed by atoms with Gasteiger partial charge in [0.15, 0.2) is 5.78 Å². The Morgan fingerprint density at radius 3 is 2.61 bits per heavy atom. The van der Waals surface area contributed by atoms with Gasteiger partial charge in [-0.3, -0.25) is 4.79 Å². The van der Waals surface area contributed by atoms with Gasteiger partial charge in [0.2, 0.25) is 0 Å². The van der Waals surface area contributed by atoms with E-state index in [1.807, 2.05) is 25.3 Å². The van der Waals surface area contributed by atoms with Gasteiger partial charge >= 0.3 is 0 Å². The summed E-state index contributed by atoms with van der Waals surface area (Å²) in [5.74, 6) is -0.648. The lowest BCUT2D eigenvalue weighted by Gasteiger charge is -2.06. The van der Waals surface area contributed by atoms with E-state index >= 15 is 0 Å². The third-order valence-corrected chi connectivity index (χ3v) is 3.66. The molecule has 0 aliphatic heterocycles. The molecule has 1 aromatic carbocycles. The van der Waals surface area contributed by atoms with Gasteiger partial charge in [0.1, 0.15) is 10.8 Å². The van der Waals surface area contributed by atoms with Crippen LogP contribution in [0.2, 0.25) is 0 Å². The molecule has 2 nitrogen and oxygen atoms in total. The van der Waals surface area contributed by atoms with Crippen molar-refractivity contribution in [2.75, 3.05) is 0 Å². The van der Waals surface area contributed by atoms with Gasteiger partial charge < -0.3 is 0 Å². The average molecular weight is 263 g/mol. The average Bonchev–Trinajstić information content (AvgIpc) is 2.62. The van der Waals surface area contributed by atoms with Gasteiger partial charge in [-0.1, -0.05) is 6.07 Å². The van der Waals surface area contributed by atoms with Crippen molar-refractivity contribution in [3.05, 3.63) is 50.7 Å². The number of hydrogen-bond acceptors (Lipinski definition) is 3. The first-order valence-corrected chi connectivity index (χ1v) is 6.56. The molecule has 0 saturated heterocycles. The highest BCUT2D eigenvalue weighted by molar-refractivity contribution is 7.09. The molecule has 4 heteroatoms. The molecule has 0 aliphatic carbocycles. The van der Waals surface area contributed by atoms with Crippen LogP contribution < -0.4 is 0 Å². The maximum absolute atomic E-state index is 13.8. The van der Waals surface area contributed by atoms with Crippen LogP contribution >= 0.6 is 11.3 Å². The zero-order valence-electron chi connectivity index (χ0n) is 10.6. The van der Waals surface area contributed by atoms with E-state index in [9.17, 15) is 9.18 Å². The first-order valence-electron chi connectivity index (χ1n) is 5.68. The van der Waals surface area contributed by atoms with Gasteiger partial charge in [0, 0.05) is 11.1 Å². The Hall–Kier alpha value is -1.55. The molecule has 0 radical (unpaired) electrons. The number of nitrogens with zero attached hydrogens (tertiary/aromatic N) is 1. The Morgan fingerprint density at radius 2 is 2.06 bits per heavy atom. The number of aryl methyl sites for hydroxylation is 3. The van der Waals surface area contributed by atoms with E-state index in [4.69, 9.17) is 0 Å². The van der Waals surface area contributed by atoms with Crippen LogP contribution in [-0.4, -0.2) is 10.8 Å². The molecule has 0 atom stereocenters. The standard InChI is InChI=1S/C14H14FNOS/c1-8-4-9(2)14(11(15)5-8)12(17)6-13-16-10(3)7-18-13/h4-5,7H,6H2,1-3H3. The number of Topliss-reactive ketones (excluding diaryl/α,β-unsaturated/α-hetero) is 1. The lowest BCUT2D eigenvalue weighted by atomic mass is 10.00. The number of aromatic nitrogens is 1. The van der Waals surface area contributed by atoms with Crippen LogP contribution in [-0.2, 0) is 6.42 Å². The molecule has 0 bridgehead atoms. The summed E-state index contributed by atoms with van der Waals surface area (Å²) in [5, 5.41) is 2.62. The second-order valence-electron chi connectivity index (χ2n) is 4.42.